The van der Waals surface area contributed by atoms with Crippen molar-refractivity contribution in [1.29, 1.82) is 0 Å². The molecule has 0 spiro atoms. The molecule has 2 heterocycles. The van der Waals surface area contributed by atoms with Gasteiger partial charge < -0.3 is 39.3 Å². The predicted molar refractivity (Wildman–Crippen MR) is 185 cm³/mol. The van der Waals surface area contributed by atoms with Crippen molar-refractivity contribution in [3.63, 3.8) is 0 Å². The molecule has 49 heavy (non-hydrogen) atoms. The maximum absolute atomic E-state index is 12.5. The molecular formula is C37H41N5O7. The van der Waals surface area contributed by atoms with E-state index in [1.807, 2.05) is 81.4 Å². The van der Waals surface area contributed by atoms with Gasteiger partial charge in [0.2, 0.25) is 0 Å². The first kappa shape index (κ1) is 34.6. The molecule has 3 aromatic carbocycles. The number of ether oxygens (including phenoxy) is 4. The van der Waals surface area contributed by atoms with Crippen molar-refractivity contribution < 1.29 is 33.6 Å². The lowest BCUT2D eigenvalue weighted by atomic mass is 9.95. The van der Waals surface area contributed by atoms with Gasteiger partial charge in [-0.05, 0) is 81.3 Å². The molecule has 4 aromatic rings. The number of hydrogen-bond donors (Lipinski definition) is 4. The monoisotopic (exact) mass is 667 g/mol. The van der Waals surface area contributed by atoms with E-state index in [1.165, 1.54) is 7.11 Å². The van der Waals surface area contributed by atoms with Crippen LogP contribution >= 0.6 is 0 Å². The highest BCUT2D eigenvalue weighted by Crippen LogP contribution is 2.35. The molecule has 0 fully saturated rings. The van der Waals surface area contributed by atoms with E-state index in [-0.39, 0.29) is 12.2 Å². The number of esters is 1. The van der Waals surface area contributed by atoms with Crippen LogP contribution in [0.2, 0.25) is 0 Å². The average molecular weight is 668 g/mol. The van der Waals surface area contributed by atoms with Crippen LogP contribution in [0.15, 0.2) is 95.2 Å². The molecule has 2 atom stereocenters. The van der Waals surface area contributed by atoms with E-state index in [2.05, 4.69) is 25.7 Å². The highest BCUT2D eigenvalue weighted by atomic mass is 16.5. The van der Waals surface area contributed by atoms with Gasteiger partial charge in [-0.25, -0.2) is 9.59 Å². The molecule has 0 aliphatic carbocycles. The van der Waals surface area contributed by atoms with E-state index in [9.17, 15) is 14.7 Å². The van der Waals surface area contributed by atoms with Gasteiger partial charge in [-0.3, -0.25) is 5.43 Å². The third kappa shape index (κ3) is 8.40. The van der Waals surface area contributed by atoms with Gasteiger partial charge in [0.05, 0.1) is 31.5 Å². The standard InChI is InChI=1S/C37H41N5O7/c1-6-47-32-19-27(35-34(36(44)46-5)24(3)39-37(45)40-35)12-17-31(32)49-22-33(43)41-38-20-28-18-23(2)42(25(28)4)29-13-15-30(16-14-29)48-21-26-10-8-7-9-11-26/h7-20,33,35,41,43H,6,21-22H2,1-5H3,(H2,39,40,45)/b38-20+/t33-,35+/m0/s1. The van der Waals surface area contributed by atoms with Crippen molar-refractivity contribution in [3.8, 4) is 22.9 Å². The molecule has 5 rings (SSSR count). The summed E-state index contributed by atoms with van der Waals surface area (Å²) in [4.78, 5) is 24.7. The molecule has 0 bridgehead atoms. The number of aliphatic hydroxyl groups is 1. The van der Waals surface area contributed by atoms with Crippen molar-refractivity contribution in [1.82, 2.24) is 20.6 Å². The highest BCUT2D eigenvalue weighted by Gasteiger charge is 2.32. The number of aromatic nitrogens is 1. The average Bonchev–Trinajstić information content (AvgIpc) is 3.38. The van der Waals surface area contributed by atoms with Gasteiger partial charge >= 0.3 is 12.0 Å². The molecule has 12 nitrogen and oxygen atoms in total. The molecule has 256 valence electrons. The summed E-state index contributed by atoms with van der Waals surface area (Å²) in [6, 6.07) is 23.9. The smallest absolute Gasteiger partial charge is 0.337 e. The molecule has 1 aliphatic heterocycles. The number of allylic oxidation sites excluding steroid dienone is 1. The molecular weight excluding hydrogens is 626 g/mol. The van der Waals surface area contributed by atoms with Crippen LogP contribution in [0.1, 0.15) is 48.0 Å². The molecule has 1 aromatic heterocycles. The maximum Gasteiger partial charge on any atom is 0.337 e. The van der Waals surface area contributed by atoms with E-state index < -0.39 is 24.3 Å². The van der Waals surface area contributed by atoms with Gasteiger partial charge in [-0.15, -0.1) is 0 Å². The number of carbonyl (C=O) groups is 2. The number of benzene rings is 3. The maximum atomic E-state index is 12.5. The summed E-state index contributed by atoms with van der Waals surface area (Å²) in [6.45, 7) is 8.20. The lowest BCUT2D eigenvalue weighted by molar-refractivity contribution is -0.136. The van der Waals surface area contributed by atoms with E-state index in [4.69, 9.17) is 18.9 Å². The summed E-state index contributed by atoms with van der Waals surface area (Å²) in [7, 11) is 1.28. The Bertz CT molecular complexity index is 1830. The molecule has 0 saturated heterocycles. The van der Waals surface area contributed by atoms with Gasteiger partial charge in [0.25, 0.3) is 0 Å². The Morgan fingerprint density at radius 1 is 1.00 bits per heavy atom. The number of aryl methyl sites for hydroxylation is 1. The van der Waals surface area contributed by atoms with E-state index >= 15 is 0 Å². The number of nitrogens with zero attached hydrogens (tertiary/aromatic N) is 2. The minimum atomic E-state index is -1.13. The normalized spacial score (nSPS) is 15.0. The summed E-state index contributed by atoms with van der Waals surface area (Å²) >= 11 is 0. The van der Waals surface area contributed by atoms with Crippen LogP contribution in [-0.4, -0.2) is 54.4 Å². The van der Waals surface area contributed by atoms with Crippen molar-refractivity contribution in [2.24, 2.45) is 5.10 Å². The zero-order valence-corrected chi connectivity index (χ0v) is 28.2. The predicted octanol–water partition coefficient (Wildman–Crippen LogP) is 5.19. The number of carbonyl (C=O) groups excluding carboxylic acids is 2. The summed E-state index contributed by atoms with van der Waals surface area (Å²) in [6.07, 6.45) is 0.527. The minimum absolute atomic E-state index is 0.134. The molecule has 0 saturated carbocycles. The van der Waals surface area contributed by atoms with Gasteiger partial charge in [0.1, 0.15) is 19.0 Å². The Balaban J connectivity index is 1.19. The number of aliphatic hydroxyl groups excluding tert-OH is 1. The van der Waals surface area contributed by atoms with Crippen LogP contribution in [0, 0.1) is 13.8 Å². The number of rotatable bonds is 14. The van der Waals surface area contributed by atoms with Crippen molar-refractivity contribution in [2.75, 3.05) is 20.3 Å². The van der Waals surface area contributed by atoms with Crippen LogP contribution in [0.4, 0.5) is 4.79 Å². The SMILES string of the molecule is CCOc1cc([C@H]2NC(=O)NC(C)=C2C(=O)OC)ccc1OC[C@H](O)N/N=C/c1cc(C)n(-c2ccc(OCc3ccccc3)cc2)c1C. The van der Waals surface area contributed by atoms with Crippen LogP contribution in [0.25, 0.3) is 5.69 Å². The van der Waals surface area contributed by atoms with E-state index in [1.54, 1.807) is 31.3 Å². The fourth-order valence-corrected chi connectivity index (χ4v) is 5.56. The first-order valence-electron chi connectivity index (χ1n) is 15.9. The van der Waals surface area contributed by atoms with Crippen LogP contribution < -0.4 is 30.3 Å². The number of hydrazone groups is 1. The summed E-state index contributed by atoms with van der Waals surface area (Å²) in [5, 5.41) is 20.2. The largest absolute Gasteiger partial charge is 0.490 e. The molecule has 2 amide bonds. The first-order chi connectivity index (χ1) is 23.7. The fourth-order valence-electron chi connectivity index (χ4n) is 5.56. The molecule has 1 aliphatic rings. The van der Waals surface area contributed by atoms with Gasteiger partial charge in [-0.1, -0.05) is 36.4 Å². The number of methoxy groups -OCH3 is 1. The Morgan fingerprint density at radius 2 is 1.76 bits per heavy atom. The summed E-state index contributed by atoms with van der Waals surface area (Å²) in [5.74, 6) is 0.977. The first-order valence-corrected chi connectivity index (χ1v) is 15.9. The van der Waals surface area contributed by atoms with Crippen LogP contribution in [-0.2, 0) is 16.1 Å². The lowest BCUT2D eigenvalue weighted by Gasteiger charge is -2.28. The van der Waals surface area contributed by atoms with E-state index in [0.717, 1.165) is 34.0 Å². The Hall–Kier alpha value is -5.75. The lowest BCUT2D eigenvalue weighted by Crippen LogP contribution is -2.45. The van der Waals surface area contributed by atoms with E-state index in [0.29, 0.717) is 36.0 Å². The highest BCUT2D eigenvalue weighted by molar-refractivity contribution is 5.95. The Kier molecular flexibility index (Phi) is 11.2. The number of nitrogens with one attached hydrogen (secondary N) is 3. The van der Waals surface area contributed by atoms with Crippen LogP contribution in [0.5, 0.6) is 17.2 Å². The van der Waals surface area contributed by atoms with Gasteiger partial charge in [0.15, 0.2) is 17.7 Å². The number of amides is 2. The van der Waals surface area contributed by atoms with Gasteiger partial charge in [0, 0.05) is 28.3 Å². The Morgan fingerprint density at radius 3 is 2.47 bits per heavy atom. The van der Waals surface area contributed by atoms with Crippen molar-refractivity contribution in [3.05, 3.63) is 118 Å². The van der Waals surface area contributed by atoms with Crippen molar-refractivity contribution in [2.45, 2.75) is 46.6 Å². The third-order valence-corrected chi connectivity index (χ3v) is 7.91. The fraction of sp³-hybridized carbons (Fsp3) is 0.270. The summed E-state index contributed by atoms with van der Waals surface area (Å²) < 4.78 is 24.6. The topological polar surface area (TPSA) is 145 Å². The zero-order chi connectivity index (χ0) is 34.9. The minimum Gasteiger partial charge on any atom is -0.490 e. The second-order valence-electron chi connectivity index (χ2n) is 11.3. The third-order valence-electron chi connectivity index (χ3n) is 7.91. The molecule has 12 heteroatoms. The Labute approximate surface area is 285 Å². The quantitative estimate of drug-likeness (QED) is 0.0623. The number of urea groups is 1. The molecule has 0 radical (unpaired) electrons. The summed E-state index contributed by atoms with van der Waals surface area (Å²) in [5.41, 5.74) is 8.98. The second kappa shape index (κ2) is 15.9. The molecule has 4 N–H and O–H groups in total. The molecule has 0 unspecified atom stereocenters. The zero-order valence-electron chi connectivity index (χ0n) is 28.2. The van der Waals surface area contributed by atoms with Crippen LogP contribution in [0.3, 0.4) is 0 Å². The second-order valence-corrected chi connectivity index (χ2v) is 11.3. The van der Waals surface area contributed by atoms with Gasteiger partial charge in [-0.2, -0.15) is 5.10 Å². The number of hydrogen-bond acceptors (Lipinski definition) is 9. The van der Waals surface area contributed by atoms with Crippen molar-refractivity contribution >= 4 is 18.2 Å².